The minimum Gasteiger partial charge on any atom is -0.453 e. The van der Waals surface area contributed by atoms with Gasteiger partial charge in [0.15, 0.2) is 5.58 Å². The van der Waals surface area contributed by atoms with Crippen LogP contribution in [0, 0.1) is 0 Å². The highest BCUT2D eigenvalue weighted by Gasteiger charge is 2.22. The van der Waals surface area contributed by atoms with Gasteiger partial charge >= 0.3 is 0 Å². The van der Waals surface area contributed by atoms with Crippen molar-refractivity contribution in [3.05, 3.63) is 231 Å². The molecule has 0 N–H and O–H groups in total. The van der Waals surface area contributed by atoms with Crippen LogP contribution in [0.5, 0.6) is 0 Å². The van der Waals surface area contributed by atoms with Crippen LogP contribution in [-0.2, 0) is 0 Å². The van der Waals surface area contributed by atoms with Crippen molar-refractivity contribution in [2.75, 3.05) is 4.90 Å². The highest BCUT2D eigenvalue weighted by atomic mass is 16.3. The molecule has 0 saturated carbocycles. The van der Waals surface area contributed by atoms with Crippen LogP contribution in [0.2, 0.25) is 0 Å². The van der Waals surface area contributed by atoms with Crippen LogP contribution in [0.1, 0.15) is 0 Å². The van der Waals surface area contributed by atoms with Crippen LogP contribution >= 0.6 is 0 Å². The van der Waals surface area contributed by atoms with Crippen molar-refractivity contribution in [3.63, 3.8) is 0 Å². The summed E-state index contributed by atoms with van der Waals surface area (Å²) in [7, 11) is 0. The van der Waals surface area contributed by atoms with E-state index in [0.29, 0.717) is 0 Å². The summed E-state index contributed by atoms with van der Waals surface area (Å²) >= 11 is 0. The van der Waals surface area contributed by atoms with Crippen molar-refractivity contribution in [1.82, 2.24) is 4.57 Å². The minimum atomic E-state index is 0.880. The second-order valence-corrected chi connectivity index (χ2v) is 15.7. The van der Waals surface area contributed by atoms with Gasteiger partial charge in [-0.25, -0.2) is 0 Å². The van der Waals surface area contributed by atoms with Crippen molar-refractivity contribution in [3.8, 4) is 39.1 Å². The lowest BCUT2D eigenvalue weighted by Crippen LogP contribution is -2.10. The predicted octanol–water partition coefficient (Wildman–Crippen LogP) is 16.3. The van der Waals surface area contributed by atoms with Gasteiger partial charge in [0.25, 0.3) is 0 Å². The molecule has 0 fully saturated rings. The summed E-state index contributed by atoms with van der Waals surface area (Å²) in [5.41, 5.74) is 15.3. The fourth-order valence-electron chi connectivity index (χ4n) is 9.36. The van der Waals surface area contributed by atoms with Crippen LogP contribution in [0.4, 0.5) is 17.1 Å². The Morgan fingerprint density at radius 1 is 0.328 bits per heavy atom. The average molecular weight is 779 g/mol. The molecule has 3 heteroatoms. The molecule has 0 atom stereocenters. The monoisotopic (exact) mass is 778 g/mol. The van der Waals surface area contributed by atoms with Gasteiger partial charge in [0.1, 0.15) is 11.1 Å². The summed E-state index contributed by atoms with van der Waals surface area (Å²) in [6, 6.07) is 82.8. The van der Waals surface area contributed by atoms with E-state index in [1.165, 1.54) is 43.8 Å². The lowest BCUT2D eigenvalue weighted by atomic mass is 9.97. The fraction of sp³-hybridized carbons (Fsp3) is 0. The Kier molecular flexibility index (Phi) is 8.17. The largest absolute Gasteiger partial charge is 0.453 e. The Morgan fingerprint density at radius 3 is 1.49 bits per heavy atom. The molecule has 0 bridgehead atoms. The van der Waals surface area contributed by atoms with Crippen molar-refractivity contribution in [1.29, 1.82) is 0 Å². The summed E-state index contributed by atoms with van der Waals surface area (Å²) in [5, 5.41) is 7.16. The third kappa shape index (κ3) is 5.82. The molecule has 0 unspecified atom stereocenters. The van der Waals surface area contributed by atoms with E-state index in [-0.39, 0.29) is 0 Å². The number of rotatable bonds is 7. The summed E-state index contributed by atoms with van der Waals surface area (Å²) in [6.07, 6.45) is 0. The first-order chi connectivity index (χ1) is 30.3. The van der Waals surface area contributed by atoms with Gasteiger partial charge in [-0.15, -0.1) is 0 Å². The summed E-state index contributed by atoms with van der Waals surface area (Å²) in [6.45, 7) is 0. The molecule has 12 aromatic rings. The molecule has 0 saturated heterocycles. The quantitative estimate of drug-likeness (QED) is 0.161. The standard InChI is InChI=1S/C58H38N2O/c1-2-19-44(20-3-1)60-55-29-9-8-24-53(55)58-56(60)54-28-13-27-52(57(54)61-58)43-18-10-21-47(38-43)59(45-34-30-41(31-35-45)50-25-11-16-39-14-4-6-22-48(39)50)46-36-32-42(33-37-46)51-26-12-17-40-15-5-7-23-49(40)51/h1-38H. The first kappa shape index (κ1) is 34.9. The molecule has 0 amide bonds. The first-order valence-corrected chi connectivity index (χ1v) is 20.8. The summed E-state index contributed by atoms with van der Waals surface area (Å²) in [4.78, 5) is 2.36. The van der Waals surface area contributed by atoms with Crippen molar-refractivity contribution in [2.24, 2.45) is 0 Å². The van der Waals surface area contributed by atoms with Gasteiger partial charge < -0.3 is 13.9 Å². The molecule has 61 heavy (non-hydrogen) atoms. The second-order valence-electron chi connectivity index (χ2n) is 15.7. The van der Waals surface area contributed by atoms with E-state index in [0.717, 1.165) is 66.8 Å². The van der Waals surface area contributed by atoms with Gasteiger partial charge in [-0.3, -0.25) is 0 Å². The van der Waals surface area contributed by atoms with Crippen molar-refractivity contribution >= 4 is 71.6 Å². The molecule has 12 rings (SSSR count). The topological polar surface area (TPSA) is 21.3 Å². The second kappa shape index (κ2) is 14.3. The van der Waals surface area contributed by atoms with E-state index in [1.807, 2.05) is 0 Å². The zero-order chi connectivity index (χ0) is 40.3. The zero-order valence-electron chi connectivity index (χ0n) is 33.2. The highest BCUT2D eigenvalue weighted by molar-refractivity contribution is 6.18. The molecule has 0 radical (unpaired) electrons. The molecular weight excluding hydrogens is 741 g/mol. The highest BCUT2D eigenvalue weighted by Crippen LogP contribution is 2.44. The normalized spacial score (nSPS) is 11.6. The SMILES string of the molecule is c1ccc(-n2c3ccccc3c3oc4c(-c5cccc(N(c6ccc(-c7cccc8ccccc78)cc6)c6ccc(-c7cccc8ccccc78)cc6)c5)cccc4c32)cc1. The number of aromatic nitrogens is 1. The van der Waals surface area contributed by atoms with Crippen LogP contribution in [0.15, 0.2) is 235 Å². The van der Waals surface area contributed by atoms with E-state index in [9.17, 15) is 0 Å². The Bertz CT molecular complexity index is 3440. The number of anilines is 3. The van der Waals surface area contributed by atoms with Gasteiger partial charge in [0.05, 0.1) is 5.52 Å². The Labute approximate surface area is 353 Å². The maximum absolute atomic E-state index is 6.96. The summed E-state index contributed by atoms with van der Waals surface area (Å²) in [5.74, 6) is 0. The van der Waals surface area contributed by atoms with E-state index in [4.69, 9.17) is 4.42 Å². The minimum absolute atomic E-state index is 0.880. The molecule has 2 heterocycles. The molecule has 0 spiro atoms. The molecule has 0 aliphatic rings. The van der Waals surface area contributed by atoms with Gasteiger partial charge in [-0.2, -0.15) is 0 Å². The maximum atomic E-state index is 6.96. The van der Waals surface area contributed by atoms with Crippen molar-refractivity contribution < 1.29 is 4.42 Å². The summed E-state index contributed by atoms with van der Waals surface area (Å²) < 4.78 is 9.30. The van der Waals surface area contributed by atoms with Crippen molar-refractivity contribution in [2.45, 2.75) is 0 Å². The van der Waals surface area contributed by atoms with Gasteiger partial charge in [-0.05, 0) is 116 Å². The molecule has 286 valence electrons. The predicted molar refractivity (Wildman–Crippen MR) is 257 cm³/mol. The lowest BCUT2D eigenvalue weighted by Gasteiger charge is -2.26. The number of furan rings is 1. The number of hydrogen-bond acceptors (Lipinski definition) is 2. The molecule has 3 nitrogen and oxygen atoms in total. The number of fused-ring (bicyclic) bond motifs is 7. The molecule has 0 aliphatic carbocycles. The van der Waals surface area contributed by atoms with Crippen LogP contribution < -0.4 is 4.90 Å². The Morgan fingerprint density at radius 2 is 0.836 bits per heavy atom. The Hall–Kier alpha value is -8.14. The average Bonchev–Trinajstić information content (AvgIpc) is 3.87. The van der Waals surface area contributed by atoms with Crippen LogP contribution in [0.3, 0.4) is 0 Å². The number of nitrogens with zero attached hydrogens (tertiary/aromatic N) is 2. The number of para-hydroxylation sites is 3. The number of benzene rings is 10. The smallest absolute Gasteiger partial charge is 0.161 e. The molecule has 10 aromatic carbocycles. The number of hydrogen-bond donors (Lipinski definition) is 0. The van der Waals surface area contributed by atoms with E-state index in [1.54, 1.807) is 0 Å². The van der Waals surface area contributed by atoms with Gasteiger partial charge in [0, 0.05) is 39.1 Å². The van der Waals surface area contributed by atoms with Crippen LogP contribution in [0.25, 0.3) is 93.6 Å². The third-order valence-electron chi connectivity index (χ3n) is 12.2. The lowest BCUT2D eigenvalue weighted by molar-refractivity contribution is 0.674. The van der Waals surface area contributed by atoms with E-state index < -0.39 is 0 Å². The van der Waals surface area contributed by atoms with Gasteiger partial charge in [0.2, 0.25) is 0 Å². The molecular formula is C58H38N2O. The zero-order valence-corrected chi connectivity index (χ0v) is 33.2. The van der Waals surface area contributed by atoms with Gasteiger partial charge in [-0.1, -0.05) is 164 Å². The van der Waals surface area contributed by atoms with E-state index in [2.05, 4.69) is 240 Å². The fourth-order valence-corrected chi connectivity index (χ4v) is 9.36. The molecule has 0 aliphatic heterocycles. The third-order valence-corrected chi connectivity index (χ3v) is 12.2. The first-order valence-electron chi connectivity index (χ1n) is 20.8. The maximum Gasteiger partial charge on any atom is 0.161 e. The Balaban J connectivity index is 1.00. The van der Waals surface area contributed by atoms with Crippen LogP contribution in [-0.4, -0.2) is 4.57 Å². The van der Waals surface area contributed by atoms with E-state index >= 15 is 0 Å². The molecule has 2 aromatic heterocycles.